The molecule has 0 heterocycles. The highest BCUT2D eigenvalue weighted by Gasteiger charge is 2.60. The first kappa shape index (κ1) is 15.6. The van der Waals surface area contributed by atoms with Gasteiger partial charge in [-0.05, 0) is 44.8 Å². The number of hydrogen-bond acceptors (Lipinski definition) is 2. The van der Waals surface area contributed by atoms with Gasteiger partial charge in [-0.1, -0.05) is 32.9 Å². The molecule has 1 rings (SSSR count). The SMILES string of the molecule is C=C(C)C1([C@](C)(C=O)O[Si](C)(C)C(C)(C)C)CC1. The zero-order valence-electron chi connectivity index (χ0n) is 13.0. The van der Waals surface area contributed by atoms with Crippen molar-refractivity contribution in [2.24, 2.45) is 5.41 Å². The molecule has 0 unspecified atom stereocenters. The molecule has 104 valence electrons. The lowest BCUT2D eigenvalue weighted by atomic mass is 9.82. The molecular formula is C15H28O2Si. The van der Waals surface area contributed by atoms with Crippen LogP contribution in [0.3, 0.4) is 0 Å². The first-order chi connectivity index (χ1) is 7.92. The first-order valence-corrected chi connectivity index (χ1v) is 9.65. The van der Waals surface area contributed by atoms with Crippen LogP contribution in [0.4, 0.5) is 0 Å². The van der Waals surface area contributed by atoms with Gasteiger partial charge >= 0.3 is 0 Å². The molecule has 1 fully saturated rings. The third-order valence-electron chi connectivity index (χ3n) is 5.02. The van der Waals surface area contributed by atoms with E-state index in [1.165, 1.54) is 0 Å². The maximum Gasteiger partial charge on any atom is 0.193 e. The van der Waals surface area contributed by atoms with Gasteiger partial charge in [-0.3, -0.25) is 0 Å². The van der Waals surface area contributed by atoms with E-state index in [4.69, 9.17) is 4.43 Å². The Morgan fingerprint density at radius 2 is 1.72 bits per heavy atom. The number of rotatable bonds is 5. The molecule has 0 saturated heterocycles. The van der Waals surface area contributed by atoms with E-state index in [2.05, 4.69) is 40.4 Å². The zero-order valence-corrected chi connectivity index (χ0v) is 14.0. The van der Waals surface area contributed by atoms with Gasteiger partial charge in [0.2, 0.25) is 0 Å². The largest absolute Gasteiger partial charge is 0.404 e. The minimum atomic E-state index is -1.95. The van der Waals surface area contributed by atoms with Crippen molar-refractivity contribution < 1.29 is 9.22 Å². The van der Waals surface area contributed by atoms with Gasteiger partial charge in [0, 0.05) is 5.41 Å². The fraction of sp³-hybridized carbons (Fsp3) is 0.800. The normalized spacial score (nSPS) is 22.2. The molecule has 3 heteroatoms. The molecule has 0 aromatic rings. The highest BCUT2D eigenvalue weighted by molar-refractivity contribution is 6.74. The molecule has 1 aliphatic carbocycles. The van der Waals surface area contributed by atoms with Crippen molar-refractivity contribution in [1.82, 2.24) is 0 Å². The van der Waals surface area contributed by atoms with Crippen LogP contribution in [0.1, 0.15) is 47.5 Å². The molecule has 0 bridgehead atoms. The fourth-order valence-corrected chi connectivity index (χ4v) is 4.00. The molecule has 0 aliphatic heterocycles. The molecule has 0 radical (unpaired) electrons. The molecule has 0 N–H and O–H groups in total. The summed E-state index contributed by atoms with van der Waals surface area (Å²) in [6, 6.07) is 0. The van der Waals surface area contributed by atoms with Crippen LogP contribution in [0.25, 0.3) is 0 Å². The van der Waals surface area contributed by atoms with Crippen molar-refractivity contribution in [2.45, 2.75) is 71.2 Å². The van der Waals surface area contributed by atoms with Crippen LogP contribution in [0.5, 0.6) is 0 Å². The Morgan fingerprint density at radius 3 is 1.94 bits per heavy atom. The van der Waals surface area contributed by atoms with Gasteiger partial charge in [-0.15, -0.1) is 0 Å². The fourth-order valence-electron chi connectivity index (χ4n) is 2.39. The van der Waals surface area contributed by atoms with Gasteiger partial charge in [0.25, 0.3) is 0 Å². The van der Waals surface area contributed by atoms with Crippen molar-refractivity contribution in [3.05, 3.63) is 12.2 Å². The molecular weight excluding hydrogens is 240 g/mol. The molecule has 1 atom stereocenters. The summed E-state index contributed by atoms with van der Waals surface area (Å²) in [6.07, 6.45) is 3.05. The highest BCUT2D eigenvalue weighted by atomic mass is 28.4. The molecule has 0 aromatic heterocycles. The molecule has 18 heavy (non-hydrogen) atoms. The lowest BCUT2D eigenvalue weighted by Crippen LogP contribution is -2.53. The second kappa shape index (κ2) is 4.31. The van der Waals surface area contributed by atoms with Crippen molar-refractivity contribution in [3.63, 3.8) is 0 Å². The van der Waals surface area contributed by atoms with E-state index >= 15 is 0 Å². The Labute approximate surface area is 113 Å². The average Bonchev–Trinajstić information content (AvgIpc) is 2.95. The summed E-state index contributed by atoms with van der Waals surface area (Å²) in [5.41, 5.74) is 0.252. The van der Waals surface area contributed by atoms with Crippen molar-refractivity contribution >= 4 is 14.6 Å². The molecule has 0 amide bonds. The Morgan fingerprint density at radius 1 is 1.28 bits per heavy atom. The maximum atomic E-state index is 11.7. The van der Waals surface area contributed by atoms with Crippen LogP contribution in [0, 0.1) is 5.41 Å². The van der Waals surface area contributed by atoms with Gasteiger partial charge in [0.1, 0.15) is 5.60 Å². The maximum absolute atomic E-state index is 11.7. The second-order valence-corrected chi connectivity index (χ2v) is 12.2. The van der Waals surface area contributed by atoms with E-state index in [0.717, 1.165) is 24.7 Å². The summed E-state index contributed by atoms with van der Waals surface area (Å²) in [5, 5.41) is 0.114. The Balaban J connectivity index is 3.06. The van der Waals surface area contributed by atoms with Gasteiger partial charge < -0.3 is 9.22 Å². The van der Waals surface area contributed by atoms with Gasteiger partial charge in [-0.25, -0.2) is 0 Å². The van der Waals surface area contributed by atoms with E-state index in [9.17, 15) is 4.79 Å². The van der Waals surface area contributed by atoms with Crippen molar-refractivity contribution in [2.75, 3.05) is 0 Å². The number of carbonyl (C=O) groups is 1. The summed E-state index contributed by atoms with van der Waals surface area (Å²) >= 11 is 0. The Hall–Kier alpha value is -0.413. The Bertz CT molecular complexity index is 361. The lowest BCUT2D eigenvalue weighted by molar-refractivity contribution is -0.125. The summed E-state index contributed by atoms with van der Waals surface area (Å²) in [5.74, 6) is 0. The monoisotopic (exact) mass is 268 g/mol. The summed E-state index contributed by atoms with van der Waals surface area (Å²) in [6.45, 7) is 19.0. The van der Waals surface area contributed by atoms with Gasteiger partial charge in [-0.2, -0.15) is 0 Å². The zero-order chi connectivity index (χ0) is 14.4. The molecule has 0 spiro atoms. The van der Waals surface area contributed by atoms with Crippen LogP contribution in [0.2, 0.25) is 18.1 Å². The van der Waals surface area contributed by atoms with Crippen LogP contribution < -0.4 is 0 Å². The number of carbonyl (C=O) groups excluding carboxylic acids is 1. The van der Waals surface area contributed by atoms with Crippen LogP contribution in [-0.2, 0) is 9.22 Å². The highest BCUT2D eigenvalue weighted by Crippen LogP contribution is 2.60. The third kappa shape index (κ3) is 2.35. The average molecular weight is 268 g/mol. The quantitative estimate of drug-likeness (QED) is 0.421. The van der Waals surface area contributed by atoms with Crippen molar-refractivity contribution in [3.8, 4) is 0 Å². The van der Waals surface area contributed by atoms with E-state index in [1.807, 2.05) is 13.8 Å². The third-order valence-corrected chi connectivity index (χ3v) is 9.56. The van der Waals surface area contributed by atoms with Gasteiger partial charge in [0.05, 0.1) is 0 Å². The molecule has 2 nitrogen and oxygen atoms in total. The minimum Gasteiger partial charge on any atom is -0.404 e. The standard InChI is InChI=1S/C15H28O2Si/c1-12(2)15(9-10-15)14(6,11-16)17-18(7,8)13(3,4)5/h11H,1,9-10H2,2-8H3/t14-/m0/s1. The topological polar surface area (TPSA) is 26.3 Å². The molecule has 0 aromatic carbocycles. The summed E-state index contributed by atoms with van der Waals surface area (Å²) in [7, 11) is -1.95. The van der Waals surface area contributed by atoms with E-state index in [1.54, 1.807) is 0 Å². The van der Waals surface area contributed by atoms with E-state index in [0.29, 0.717) is 0 Å². The predicted molar refractivity (Wildman–Crippen MR) is 79.2 cm³/mol. The van der Waals surface area contributed by atoms with E-state index in [-0.39, 0.29) is 10.5 Å². The van der Waals surface area contributed by atoms with Crippen molar-refractivity contribution in [1.29, 1.82) is 0 Å². The number of aldehydes is 1. The summed E-state index contributed by atoms with van der Waals surface area (Å²) < 4.78 is 6.44. The summed E-state index contributed by atoms with van der Waals surface area (Å²) in [4.78, 5) is 11.7. The second-order valence-electron chi connectivity index (χ2n) is 7.45. The first-order valence-electron chi connectivity index (χ1n) is 6.74. The lowest BCUT2D eigenvalue weighted by Gasteiger charge is -2.45. The molecule has 1 saturated carbocycles. The minimum absolute atomic E-state index is 0.114. The van der Waals surface area contributed by atoms with Gasteiger partial charge in [0.15, 0.2) is 14.6 Å². The van der Waals surface area contributed by atoms with Crippen LogP contribution in [0.15, 0.2) is 12.2 Å². The number of hydrogen-bond donors (Lipinski definition) is 0. The van der Waals surface area contributed by atoms with E-state index < -0.39 is 13.9 Å². The smallest absolute Gasteiger partial charge is 0.193 e. The van der Waals surface area contributed by atoms with Crippen LogP contribution in [-0.4, -0.2) is 20.2 Å². The Kier molecular flexibility index (Phi) is 3.74. The predicted octanol–water partition coefficient (Wildman–Crippen LogP) is 4.32. The molecule has 1 aliphatic rings. The van der Waals surface area contributed by atoms with Crippen LogP contribution >= 0.6 is 0 Å².